The third kappa shape index (κ3) is 4.39. The van der Waals surface area contributed by atoms with E-state index in [0.29, 0.717) is 12.1 Å². The highest BCUT2D eigenvalue weighted by atomic mass is 32.2. The normalized spacial score (nSPS) is 18.3. The lowest BCUT2D eigenvalue weighted by Crippen LogP contribution is -2.42. The van der Waals surface area contributed by atoms with Crippen LogP contribution in [0.2, 0.25) is 0 Å². The maximum Gasteiger partial charge on any atom is 0.327 e. The number of anilines is 1. The zero-order valence-electron chi connectivity index (χ0n) is 14.0. The number of thioether (sulfide) groups is 1. The van der Waals surface area contributed by atoms with Gasteiger partial charge in [-0.1, -0.05) is 25.1 Å². The van der Waals surface area contributed by atoms with Gasteiger partial charge in [-0.15, -0.1) is 11.8 Å². The third-order valence-electron chi connectivity index (χ3n) is 3.86. The predicted molar refractivity (Wildman–Crippen MR) is 94.4 cm³/mol. The quantitative estimate of drug-likeness (QED) is 0.705. The zero-order chi connectivity index (χ0) is 18.6. The first kappa shape index (κ1) is 19.0. The van der Waals surface area contributed by atoms with Crippen LogP contribution in [0.1, 0.15) is 25.8 Å². The molecule has 134 valence electrons. The summed E-state index contributed by atoms with van der Waals surface area (Å²) in [6.45, 7) is 3.18. The molecular formula is C17H20N2O5S. The topological polar surface area (TPSA) is 104 Å². The molecule has 0 spiro atoms. The molecule has 3 amide bonds. The number of rotatable bonds is 7. The van der Waals surface area contributed by atoms with E-state index >= 15 is 0 Å². The summed E-state index contributed by atoms with van der Waals surface area (Å²) in [6.07, 6.45) is 0.711. The van der Waals surface area contributed by atoms with Gasteiger partial charge < -0.3 is 10.4 Å². The fraction of sp³-hybridized carbons (Fsp3) is 0.412. The molecule has 1 aliphatic heterocycles. The monoisotopic (exact) mass is 364 g/mol. The fourth-order valence-corrected chi connectivity index (χ4v) is 3.81. The van der Waals surface area contributed by atoms with Crippen LogP contribution in [0, 0.1) is 0 Å². The van der Waals surface area contributed by atoms with Crippen molar-refractivity contribution in [2.24, 2.45) is 0 Å². The van der Waals surface area contributed by atoms with Gasteiger partial charge in [0.15, 0.2) is 0 Å². The number of carbonyl (C=O) groups is 4. The van der Waals surface area contributed by atoms with E-state index in [4.69, 9.17) is 5.11 Å². The molecule has 1 fully saturated rings. The number of hydrogen-bond donors (Lipinski definition) is 2. The average Bonchev–Trinajstić information content (AvgIpc) is 2.84. The van der Waals surface area contributed by atoms with Crippen molar-refractivity contribution in [2.75, 3.05) is 10.7 Å². The van der Waals surface area contributed by atoms with E-state index in [-0.39, 0.29) is 24.0 Å². The lowest BCUT2D eigenvalue weighted by atomic mass is 10.1. The number of aliphatic carboxylic acids is 1. The van der Waals surface area contributed by atoms with Crippen molar-refractivity contribution in [3.05, 3.63) is 29.8 Å². The molecule has 1 saturated heterocycles. The minimum Gasteiger partial charge on any atom is -0.480 e. The van der Waals surface area contributed by atoms with Crippen LogP contribution in [0.25, 0.3) is 0 Å². The van der Waals surface area contributed by atoms with Crippen LogP contribution in [-0.4, -0.2) is 45.8 Å². The number of amides is 3. The number of aryl methyl sites for hydroxylation is 1. The smallest absolute Gasteiger partial charge is 0.327 e. The van der Waals surface area contributed by atoms with E-state index in [1.54, 1.807) is 12.1 Å². The van der Waals surface area contributed by atoms with Gasteiger partial charge in [0.1, 0.15) is 6.04 Å². The third-order valence-corrected chi connectivity index (χ3v) is 5.15. The lowest BCUT2D eigenvalue weighted by molar-refractivity contribution is -0.140. The van der Waals surface area contributed by atoms with Gasteiger partial charge in [-0.2, -0.15) is 0 Å². The van der Waals surface area contributed by atoms with Crippen LogP contribution >= 0.6 is 11.8 Å². The number of nitrogens with one attached hydrogen (secondary N) is 1. The Kier molecular flexibility index (Phi) is 6.19. The maximum absolute atomic E-state index is 12.6. The fourth-order valence-electron chi connectivity index (χ4n) is 2.65. The van der Waals surface area contributed by atoms with E-state index in [1.807, 2.05) is 19.1 Å². The first-order valence-corrected chi connectivity index (χ1v) is 8.96. The molecule has 2 rings (SSSR count). The standard InChI is InChI=1S/C17H20N2O5S/c1-3-11-6-4-5-7-13(11)19-15(21)8-14(16(19)22)25-9-12(17(23)24)18-10(2)20/h4-7,12,14H,3,8-9H2,1-2H3,(H,18,20)(H,23,24). The number of carbonyl (C=O) groups excluding carboxylic acids is 3. The molecular weight excluding hydrogens is 344 g/mol. The number of hydrogen-bond acceptors (Lipinski definition) is 5. The van der Waals surface area contributed by atoms with Crippen LogP contribution in [0.15, 0.2) is 24.3 Å². The maximum atomic E-state index is 12.6. The van der Waals surface area contributed by atoms with Gasteiger partial charge in [0, 0.05) is 19.1 Å². The highest BCUT2D eigenvalue weighted by Gasteiger charge is 2.41. The molecule has 1 aromatic rings. The van der Waals surface area contributed by atoms with Crippen LogP contribution < -0.4 is 10.2 Å². The van der Waals surface area contributed by atoms with Crippen molar-refractivity contribution in [2.45, 2.75) is 38.0 Å². The summed E-state index contributed by atoms with van der Waals surface area (Å²) in [6, 6.07) is 6.13. The number of carboxylic acids is 1. The zero-order valence-corrected chi connectivity index (χ0v) is 14.8. The molecule has 7 nitrogen and oxygen atoms in total. The van der Waals surface area contributed by atoms with Gasteiger partial charge in [-0.3, -0.25) is 14.4 Å². The van der Waals surface area contributed by atoms with Crippen LogP contribution in [0.5, 0.6) is 0 Å². The second-order valence-electron chi connectivity index (χ2n) is 5.67. The van der Waals surface area contributed by atoms with E-state index in [0.717, 1.165) is 17.3 Å². The predicted octanol–water partition coefficient (Wildman–Crippen LogP) is 1.20. The van der Waals surface area contributed by atoms with Crippen molar-refractivity contribution in [1.82, 2.24) is 5.32 Å². The van der Waals surface area contributed by atoms with Crippen molar-refractivity contribution in [3.63, 3.8) is 0 Å². The van der Waals surface area contributed by atoms with Crippen molar-refractivity contribution in [3.8, 4) is 0 Å². The first-order valence-electron chi connectivity index (χ1n) is 7.91. The minimum atomic E-state index is -1.17. The highest BCUT2D eigenvalue weighted by molar-refractivity contribution is 8.00. The second-order valence-corrected chi connectivity index (χ2v) is 6.90. The van der Waals surface area contributed by atoms with E-state index in [1.165, 1.54) is 11.8 Å². The number of benzene rings is 1. The molecule has 0 saturated carbocycles. The number of carboxylic acid groups (broad SMARTS) is 1. The van der Waals surface area contributed by atoms with Crippen molar-refractivity contribution < 1.29 is 24.3 Å². The summed E-state index contributed by atoms with van der Waals surface area (Å²) in [5.41, 5.74) is 1.48. The van der Waals surface area contributed by atoms with Gasteiger partial charge >= 0.3 is 5.97 Å². The molecule has 1 aromatic carbocycles. The molecule has 1 aliphatic rings. The van der Waals surface area contributed by atoms with Gasteiger partial charge in [-0.25, -0.2) is 9.69 Å². The summed E-state index contributed by atoms with van der Waals surface area (Å²) in [5, 5.41) is 10.8. The summed E-state index contributed by atoms with van der Waals surface area (Å²) in [7, 11) is 0. The number of nitrogens with zero attached hydrogens (tertiary/aromatic N) is 1. The molecule has 2 atom stereocenters. The molecule has 2 unspecified atom stereocenters. The molecule has 2 N–H and O–H groups in total. The Morgan fingerprint density at radius 1 is 1.36 bits per heavy atom. The Morgan fingerprint density at radius 2 is 2.04 bits per heavy atom. The number of para-hydroxylation sites is 1. The first-order chi connectivity index (χ1) is 11.8. The second kappa shape index (κ2) is 8.15. The Morgan fingerprint density at radius 3 is 2.64 bits per heavy atom. The Balaban J connectivity index is 2.10. The van der Waals surface area contributed by atoms with Gasteiger partial charge in [-0.05, 0) is 18.1 Å². The Hall–Kier alpha value is -2.35. The molecule has 8 heteroatoms. The van der Waals surface area contributed by atoms with Gasteiger partial charge in [0.05, 0.1) is 10.9 Å². The van der Waals surface area contributed by atoms with Gasteiger partial charge in [0.2, 0.25) is 17.7 Å². The molecule has 0 aliphatic carbocycles. The SMILES string of the molecule is CCc1ccccc1N1C(=O)CC(SCC(NC(C)=O)C(=O)O)C1=O. The Bertz CT molecular complexity index is 706. The molecule has 1 heterocycles. The summed E-state index contributed by atoms with van der Waals surface area (Å²) in [4.78, 5) is 48.4. The molecule has 0 aromatic heterocycles. The highest BCUT2D eigenvalue weighted by Crippen LogP contribution is 2.32. The van der Waals surface area contributed by atoms with E-state index in [9.17, 15) is 19.2 Å². The molecule has 0 bridgehead atoms. The molecule has 25 heavy (non-hydrogen) atoms. The summed E-state index contributed by atoms with van der Waals surface area (Å²) in [5.74, 6) is -2.26. The van der Waals surface area contributed by atoms with Crippen molar-refractivity contribution in [1.29, 1.82) is 0 Å². The average molecular weight is 364 g/mol. The van der Waals surface area contributed by atoms with Crippen molar-refractivity contribution >= 4 is 41.1 Å². The Labute approximate surface area is 149 Å². The van der Waals surface area contributed by atoms with E-state index in [2.05, 4.69) is 5.32 Å². The number of imide groups is 1. The van der Waals surface area contributed by atoms with Crippen LogP contribution in [0.3, 0.4) is 0 Å². The van der Waals surface area contributed by atoms with E-state index < -0.39 is 23.2 Å². The van der Waals surface area contributed by atoms with Crippen LogP contribution in [-0.2, 0) is 25.6 Å². The molecule has 0 radical (unpaired) electrons. The minimum absolute atomic E-state index is 0.0157. The summed E-state index contributed by atoms with van der Waals surface area (Å²) < 4.78 is 0. The largest absolute Gasteiger partial charge is 0.480 e. The van der Waals surface area contributed by atoms with Crippen LogP contribution in [0.4, 0.5) is 5.69 Å². The van der Waals surface area contributed by atoms with Gasteiger partial charge in [0.25, 0.3) is 0 Å². The summed E-state index contributed by atoms with van der Waals surface area (Å²) >= 11 is 1.08. The lowest BCUT2D eigenvalue weighted by Gasteiger charge is -2.19.